The Morgan fingerprint density at radius 1 is 1.31 bits per heavy atom. The summed E-state index contributed by atoms with van der Waals surface area (Å²) in [6.45, 7) is 0.204. The summed E-state index contributed by atoms with van der Waals surface area (Å²) in [5.41, 5.74) is 1.53. The second-order valence-electron chi connectivity index (χ2n) is 6.11. The third-order valence-corrected chi connectivity index (χ3v) is 7.30. The molecule has 0 bridgehead atoms. The number of nitrogens with zero attached hydrogens (tertiary/aromatic N) is 1. The number of benzene rings is 1. The molecule has 1 fully saturated rings. The fraction of sp³-hybridized carbons (Fsp3) is 0.353. The van der Waals surface area contributed by atoms with Crippen molar-refractivity contribution in [2.75, 3.05) is 5.75 Å². The zero-order valence-electron chi connectivity index (χ0n) is 13.8. The van der Waals surface area contributed by atoms with E-state index in [1.807, 2.05) is 6.07 Å². The summed E-state index contributed by atoms with van der Waals surface area (Å²) in [6.07, 6.45) is 1.72. The highest BCUT2D eigenvalue weighted by Gasteiger charge is 2.34. The van der Waals surface area contributed by atoms with Crippen LogP contribution in [0.1, 0.15) is 35.3 Å². The molecule has 1 aromatic heterocycles. The van der Waals surface area contributed by atoms with Crippen molar-refractivity contribution in [1.29, 1.82) is 0 Å². The van der Waals surface area contributed by atoms with Crippen molar-refractivity contribution in [3.05, 3.63) is 40.9 Å². The van der Waals surface area contributed by atoms with Crippen LogP contribution in [-0.4, -0.2) is 41.4 Å². The maximum absolute atomic E-state index is 12.3. The number of hydrogen-bond acceptors (Lipinski definition) is 6. The van der Waals surface area contributed by atoms with Gasteiger partial charge in [0.15, 0.2) is 15.5 Å². The molecular formula is C17H18N2O5S2. The topological polar surface area (TPSA) is 113 Å². The molecule has 1 saturated heterocycles. The predicted octanol–water partition coefficient (Wildman–Crippen LogP) is 2.09. The van der Waals surface area contributed by atoms with Crippen LogP contribution in [0.15, 0.2) is 29.6 Å². The van der Waals surface area contributed by atoms with Crippen LogP contribution in [0, 0.1) is 0 Å². The Labute approximate surface area is 155 Å². The van der Waals surface area contributed by atoms with E-state index in [1.54, 1.807) is 18.2 Å². The number of rotatable bonds is 5. The fourth-order valence-electron chi connectivity index (χ4n) is 2.87. The van der Waals surface area contributed by atoms with Gasteiger partial charge in [0, 0.05) is 17.5 Å². The molecule has 0 saturated carbocycles. The second kappa shape index (κ2) is 7.55. The predicted molar refractivity (Wildman–Crippen MR) is 97.8 cm³/mol. The van der Waals surface area contributed by atoms with Crippen molar-refractivity contribution in [3.63, 3.8) is 0 Å². The number of aromatic nitrogens is 1. The van der Waals surface area contributed by atoms with E-state index < -0.39 is 27.0 Å². The monoisotopic (exact) mass is 394 g/mol. The summed E-state index contributed by atoms with van der Waals surface area (Å²) < 4.78 is 24.0. The van der Waals surface area contributed by atoms with Crippen molar-refractivity contribution >= 4 is 33.1 Å². The number of aromatic carboxylic acids is 1. The maximum Gasteiger partial charge on any atom is 0.355 e. The van der Waals surface area contributed by atoms with Gasteiger partial charge in [0.1, 0.15) is 10.3 Å². The third kappa shape index (κ3) is 4.10. The molecule has 138 valence electrons. The molecule has 1 aliphatic heterocycles. The number of nitrogens with one attached hydrogen (secondary N) is 1. The zero-order valence-corrected chi connectivity index (χ0v) is 15.5. The zero-order chi connectivity index (χ0) is 18.7. The summed E-state index contributed by atoms with van der Waals surface area (Å²) in [5, 5.41) is 12.7. The summed E-state index contributed by atoms with van der Waals surface area (Å²) in [7, 11) is -3.36. The van der Waals surface area contributed by atoms with Gasteiger partial charge in [-0.1, -0.05) is 24.6 Å². The van der Waals surface area contributed by atoms with Crippen LogP contribution in [0.5, 0.6) is 0 Å². The van der Waals surface area contributed by atoms with Gasteiger partial charge in [-0.3, -0.25) is 4.79 Å². The van der Waals surface area contributed by atoms with E-state index in [0.29, 0.717) is 17.8 Å². The molecule has 0 aliphatic carbocycles. The quantitative estimate of drug-likeness (QED) is 0.803. The van der Waals surface area contributed by atoms with Crippen LogP contribution in [0.2, 0.25) is 0 Å². The van der Waals surface area contributed by atoms with Gasteiger partial charge in [0.05, 0.1) is 5.75 Å². The van der Waals surface area contributed by atoms with E-state index in [4.69, 9.17) is 5.11 Å². The molecule has 3 rings (SSSR count). The molecule has 9 heteroatoms. The molecule has 7 nitrogen and oxygen atoms in total. The minimum Gasteiger partial charge on any atom is -0.476 e. The minimum absolute atomic E-state index is 0.00814. The molecule has 2 aromatic rings. The first-order chi connectivity index (χ1) is 12.4. The highest BCUT2D eigenvalue weighted by atomic mass is 32.2. The summed E-state index contributed by atoms with van der Waals surface area (Å²) in [4.78, 5) is 27.3. The minimum atomic E-state index is -3.36. The van der Waals surface area contributed by atoms with Gasteiger partial charge in [0.2, 0.25) is 5.91 Å². The first-order valence-electron chi connectivity index (χ1n) is 8.14. The number of carboxylic acids is 1. The average Bonchev–Trinajstić information content (AvgIpc) is 3.10. The summed E-state index contributed by atoms with van der Waals surface area (Å²) >= 11 is 1.23. The molecular weight excluding hydrogens is 376 g/mol. The van der Waals surface area contributed by atoms with Gasteiger partial charge in [-0.25, -0.2) is 18.2 Å². The van der Waals surface area contributed by atoms with E-state index in [9.17, 15) is 18.0 Å². The standard InChI is InChI=1S/C17H18N2O5S2/c20-15(14-6-1-2-7-26(14,23)24)18-9-11-4-3-5-12(8-11)16-19-13(10-25-16)17(21)22/h3-5,8,10,14H,1-2,6-7,9H2,(H,18,20)(H,21,22). The highest BCUT2D eigenvalue weighted by Crippen LogP contribution is 2.25. The van der Waals surface area contributed by atoms with Gasteiger partial charge in [-0.05, 0) is 24.5 Å². The van der Waals surface area contributed by atoms with Crippen molar-refractivity contribution in [1.82, 2.24) is 10.3 Å². The normalized spacial score (nSPS) is 19.0. The van der Waals surface area contributed by atoms with Crippen LogP contribution in [-0.2, 0) is 21.2 Å². The maximum atomic E-state index is 12.3. The molecule has 1 atom stereocenters. The molecule has 1 amide bonds. The first kappa shape index (κ1) is 18.5. The number of carbonyl (C=O) groups is 2. The van der Waals surface area contributed by atoms with Gasteiger partial charge in [-0.2, -0.15) is 0 Å². The Balaban J connectivity index is 1.69. The Morgan fingerprint density at radius 2 is 2.12 bits per heavy atom. The lowest BCUT2D eigenvalue weighted by atomic mass is 10.1. The van der Waals surface area contributed by atoms with Crippen molar-refractivity contribution in [2.45, 2.75) is 31.1 Å². The lowest BCUT2D eigenvalue weighted by Crippen LogP contribution is -2.42. The molecule has 2 N–H and O–H groups in total. The summed E-state index contributed by atoms with van der Waals surface area (Å²) in [5.74, 6) is -1.47. The molecule has 0 spiro atoms. The Morgan fingerprint density at radius 3 is 2.81 bits per heavy atom. The van der Waals surface area contributed by atoms with Crippen molar-refractivity contribution in [2.24, 2.45) is 0 Å². The largest absolute Gasteiger partial charge is 0.476 e. The number of amides is 1. The van der Waals surface area contributed by atoms with E-state index in [-0.39, 0.29) is 18.0 Å². The Kier molecular flexibility index (Phi) is 5.38. The second-order valence-corrected chi connectivity index (χ2v) is 9.27. The van der Waals surface area contributed by atoms with Crippen LogP contribution in [0.3, 0.4) is 0 Å². The lowest BCUT2D eigenvalue weighted by Gasteiger charge is -2.21. The van der Waals surface area contributed by atoms with Crippen LogP contribution >= 0.6 is 11.3 Å². The van der Waals surface area contributed by atoms with E-state index in [0.717, 1.165) is 17.5 Å². The molecule has 26 heavy (non-hydrogen) atoms. The lowest BCUT2D eigenvalue weighted by molar-refractivity contribution is -0.121. The van der Waals surface area contributed by atoms with Crippen molar-refractivity contribution in [3.8, 4) is 10.6 Å². The number of thiazole rings is 1. The molecule has 2 heterocycles. The van der Waals surface area contributed by atoms with Gasteiger partial charge in [0.25, 0.3) is 0 Å². The molecule has 0 radical (unpaired) electrons. The number of sulfone groups is 1. The average molecular weight is 394 g/mol. The molecule has 1 aromatic carbocycles. The number of hydrogen-bond donors (Lipinski definition) is 2. The third-order valence-electron chi connectivity index (χ3n) is 4.24. The fourth-order valence-corrected chi connectivity index (χ4v) is 5.49. The van der Waals surface area contributed by atoms with Crippen LogP contribution in [0.25, 0.3) is 10.6 Å². The van der Waals surface area contributed by atoms with Crippen LogP contribution in [0.4, 0.5) is 0 Å². The van der Waals surface area contributed by atoms with E-state index >= 15 is 0 Å². The highest BCUT2D eigenvalue weighted by molar-refractivity contribution is 7.92. The van der Waals surface area contributed by atoms with E-state index in [2.05, 4.69) is 10.3 Å². The van der Waals surface area contributed by atoms with Gasteiger partial charge in [-0.15, -0.1) is 11.3 Å². The molecule has 1 unspecified atom stereocenters. The van der Waals surface area contributed by atoms with Gasteiger partial charge < -0.3 is 10.4 Å². The van der Waals surface area contributed by atoms with Gasteiger partial charge >= 0.3 is 5.97 Å². The van der Waals surface area contributed by atoms with Crippen LogP contribution < -0.4 is 5.32 Å². The molecule has 1 aliphatic rings. The Hall–Kier alpha value is -2.26. The number of carboxylic acid groups (broad SMARTS) is 1. The van der Waals surface area contributed by atoms with Crippen molar-refractivity contribution < 1.29 is 23.1 Å². The SMILES string of the molecule is O=C(O)c1csc(-c2cccc(CNC(=O)C3CCCCS3(=O)=O)c2)n1. The Bertz CT molecular complexity index is 936. The number of carbonyl (C=O) groups excluding carboxylic acids is 1. The van der Waals surface area contributed by atoms with E-state index in [1.165, 1.54) is 16.7 Å². The summed E-state index contributed by atoms with van der Waals surface area (Å²) in [6, 6.07) is 7.21. The smallest absolute Gasteiger partial charge is 0.355 e. The first-order valence-corrected chi connectivity index (χ1v) is 10.7.